The van der Waals surface area contributed by atoms with Crippen LogP contribution in [0.5, 0.6) is 0 Å². The highest BCUT2D eigenvalue weighted by molar-refractivity contribution is 5.67. The third-order valence-electron chi connectivity index (χ3n) is 3.24. The van der Waals surface area contributed by atoms with Gasteiger partial charge in [0.25, 0.3) is 0 Å². The number of nitrogens with two attached hydrogens (primary N) is 1. The first-order valence-corrected chi connectivity index (χ1v) is 6.93. The number of nitrogen functional groups attached to an aromatic ring is 1. The lowest BCUT2D eigenvalue weighted by molar-refractivity contribution is 0.121. The van der Waals surface area contributed by atoms with Gasteiger partial charge in [-0.2, -0.15) is 0 Å². The summed E-state index contributed by atoms with van der Waals surface area (Å²) >= 11 is 0. The van der Waals surface area contributed by atoms with E-state index in [4.69, 9.17) is 10.5 Å². The summed E-state index contributed by atoms with van der Waals surface area (Å²) in [6.45, 7) is 6.15. The van der Waals surface area contributed by atoms with Gasteiger partial charge in [-0.05, 0) is 35.4 Å². The number of hydrogen-bond donors (Lipinski definition) is 1. The molecule has 0 aliphatic heterocycles. The maximum atomic E-state index is 5.93. The standard InChI is InChI=1S/C14H21N5O/c1-3-4-9-20-10-8-19-14(16-17-18-19)12-6-5-7-13(15)11(12)2/h5-7H,3-4,8-10,15H2,1-2H3. The van der Waals surface area contributed by atoms with E-state index in [1.165, 1.54) is 0 Å². The Morgan fingerprint density at radius 1 is 1.30 bits per heavy atom. The third kappa shape index (κ3) is 3.33. The molecule has 20 heavy (non-hydrogen) atoms. The predicted molar refractivity (Wildman–Crippen MR) is 78.1 cm³/mol. The molecule has 2 N–H and O–H groups in total. The van der Waals surface area contributed by atoms with Crippen LogP contribution in [-0.4, -0.2) is 33.4 Å². The highest BCUT2D eigenvalue weighted by Crippen LogP contribution is 2.24. The summed E-state index contributed by atoms with van der Waals surface area (Å²) in [4.78, 5) is 0. The van der Waals surface area contributed by atoms with E-state index in [-0.39, 0.29) is 0 Å². The van der Waals surface area contributed by atoms with Gasteiger partial charge in [0.1, 0.15) is 0 Å². The molecule has 0 unspecified atom stereocenters. The predicted octanol–water partition coefficient (Wildman–Crippen LogP) is 2.05. The number of rotatable bonds is 7. The van der Waals surface area contributed by atoms with Crippen LogP contribution in [0.4, 0.5) is 5.69 Å². The van der Waals surface area contributed by atoms with Crippen molar-refractivity contribution in [3.8, 4) is 11.4 Å². The third-order valence-corrected chi connectivity index (χ3v) is 3.24. The first-order valence-electron chi connectivity index (χ1n) is 6.93. The zero-order chi connectivity index (χ0) is 14.4. The fourth-order valence-corrected chi connectivity index (χ4v) is 1.94. The average molecular weight is 275 g/mol. The van der Waals surface area contributed by atoms with E-state index in [1.54, 1.807) is 4.68 Å². The minimum Gasteiger partial charge on any atom is -0.398 e. The minimum atomic E-state index is 0.611. The van der Waals surface area contributed by atoms with Gasteiger partial charge in [-0.25, -0.2) is 4.68 Å². The number of hydrogen-bond acceptors (Lipinski definition) is 5. The van der Waals surface area contributed by atoms with E-state index in [2.05, 4.69) is 22.4 Å². The van der Waals surface area contributed by atoms with Crippen molar-refractivity contribution in [2.45, 2.75) is 33.2 Å². The second-order valence-corrected chi connectivity index (χ2v) is 4.71. The zero-order valence-corrected chi connectivity index (χ0v) is 12.0. The van der Waals surface area contributed by atoms with E-state index in [1.807, 2.05) is 25.1 Å². The topological polar surface area (TPSA) is 78.8 Å². The normalized spacial score (nSPS) is 10.9. The fourth-order valence-electron chi connectivity index (χ4n) is 1.94. The lowest BCUT2D eigenvalue weighted by Crippen LogP contribution is -2.10. The maximum Gasteiger partial charge on any atom is 0.182 e. The molecule has 0 fully saturated rings. The van der Waals surface area contributed by atoms with Gasteiger partial charge in [0.05, 0.1) is 13.2 Å². The van der Waals surface area contributed by atoms with Gasteiger partial charge in [-0.3, -0.25) is 0 Å². The van der Waals surface area contributed by atoms with Crippen LogP contribution in [0, 0.1) is 6.92 Å². The number of ether oxygens (including phenoxy) is 1. The highest BCUT2D eigenvalue weighted by Gasteiger charge is 2.12. The quantitative estimate of drug-likeness (QED) is 0.618. The van der Waals surface area contributed by atoms with E-state index in [0.29, 0.717) is 13.2 Å². The van der Waals surface area contributed by atoms with Crippen molar-refractivity contribution >= 4 is 5.69 Å². The average Bonchev–Trinajstić information content (AvgIpc) is 2.90. The molecule has 1 aromatic carbocycles. The van der Waals surface area contributed by atoms with Crippen molar-refractivity contribution in [1.82, 2.24) is 20.2 Å². The van der Waals surface area contributed by atoms with Crippen LogP contribution in [0.3, 0.4) is 0 Å². The van der Waals surface area contributed by atoms with Crippen LogP contribution < -0.4 is 5.73 Å². The summed E-state index contributed by atoms with van der Waals surface area (Å²) in [5.41, 5.74) is 8.63. The second-order valence-electron chi connectivity index (χ2n) is 4.71. The summed E-state index contributed by atoms with van der Waals surface area (Å²) in [7, 11) is 0. The molecule has 0 amide bonds. The number of unbranched alkanes of at least 4 members (excludes halogenated alkanes) is 1. The highest BCUT2D eigenvalue weighted by atomic mass is 16.5. The van der Waals surface area contributed by atoms with Gasteiger partial charge >= 0.3 is 0 Å². The largest absolute Gasteiger partial charge is 0.398 e. The van der Waals surface area contributed by atoms with Crippen molar-refractivity contribution in [3.63, 3.8) is 0 Å². The maximum absolute atomic E-state index is 5.93. The molecule has 1 aromatic heterocycles. The zero-order valence-electron chi connectivity index (χ0n) is 12.0. The lowest BCUT2D eigenvalue weighted by Gasteiger charge is -2.09. The van der Waals surface area contributed by atoms with Crippen molar-refractivity contribution < 1.29 is 4.74 Å². The monoisotopic (exact) mass is 275 g/mol. The van der Waals surface area contributed by atoms with E-state index < -0.39 is 0 Å². The summed E-state index contributed by atoms with van der Waals surface area (Å²) in [6, 6.07) is 5.76. The molecule has 0 saturated heterocycles. The van der Waals surface area contributed by atoms with Gasteiger partial charge in [-0.1, -0.05) is 25.5 Å². The molecule has 0 atom stereocenters. The Labute approximate surface area is 118 Å². The van der Waals surface area contributed by atoms with Gasteiger partial charge in [0.15, 0.2) is 5.82 Å². The Morgan fingerprint density at radius 2 is 2.15 bits per heavy atom. The van der Waals surface area contributed by atoms with Gasteiger partial charge in [0, 0.05) is 17.9 Å². The number of tetrazole rings is 1. The van der Waals surface area contributed by atoms with Crippen molar-refractivity contribution in [3.05, 3.63) is 23.8 Å². The van der Waals surface area contributed by atoms with Crippen LogP contribution in [0.25, 0.3) is 11.4 Å². The molecule has 108 valence electrons. The Bertz CT molecular complexity index is 552. The first-order chi connectivity index (χ1) is 9.74. The molecule has 6 nitrogen and oxygen atoms in total. The van der Waals surface area contributed by atoms with E-state index in [0.717, 1.165) is 42.1 Å². The molecule has 2 rings (SSSR count). The summed E-state index contributed by atoms with van der Waals surface area (Å²) < 4.78 is 7.31. The molecule has 6 heteroatoms. The molecule has 0 bridgehead atoms. The van der Waals surface area contributed by atoms with Crippen LogP contribution >= 0.6 is 0 Å². The van der Waals surface area contributed by atoms with Gasteiger partial charge in [0.2, 0.25) is 0 Å². The molecule has 1 heterocycles. The minimum absolute atomic E-state index is 0.611. The van der Waals surface area contributed by atoms with Crippen LogP contribution in [0.15, 0.2) is 18.2 Å². The summed E-state index contributed by atoms with van der Waals surface area (Å²) in [5, 5.41) is 11.9. The Hall–Kier alpha value is -1.95. The van der Waals surface area contributed by atoms with Crippen molar-refractivity contribution in [2.75, 3.05) is 18.9 Å². The smallest absolute Gasteiger partial charge is 0.182 e. The van der Waals surface area contributed by atoms with E-state index in [9.17, 15) is 0 Å². The number of aromatic nitrogens is 4. The summed E-state index contributed by atoms with van der Waals surface area (Å²) in [6.07, 6.45) is 2.22. The second kappa shape index (κ2) is 7.00. The van der Waals surface area contributed by atoms with Crippen LogP contribution in [0.2, 0.25) is 0 Å². The molecule has 0 radical (unpaired) electrons. The molecule has 2 aromatic rings. The van der Waals surface area contributed by atoms with E-state index >= 15 is 0 Å². The molecule has 0 aliphatic rings. The number of anilines is 1. The fraction of sp³-hybridized carbons (Fsp3) is 0.500. The molecular weight excluding hydrogens is 254 g/mol. The van der Waals surface area contributed by atoms with Crippen molar-refractivity contribution in [1.29, 1.82) is 0 Å². The first kappa shape index (κ1) is 14.5. The Morgan fingerprint density at radius 3 is 2.95 bits per heavy atom. The van der Waals surface area contributed by atoms with Gasteiger partial charge in [-0.15, -0.1) is 5.10 Å². The number of nitrogens with zero attached hydrogens (tertiary/aromatic N) is 4. The summed E-state index contributed by atoms with van der Waals surface area (Å²) in [5.74, 6) is 0.730. The number of benzene rings is 1. The molecule has 0 saturated carbocycles. The van der Waals surface area contributed by atoms with Crippen LogP contribution in [-0.2, 0) is 11.3 Å². The lowest BCUT2D eigenvalue weighted by atomic mass is 10.1. The Balaban J connectivity index is 2.06. The van der Waals surface area contributed by atoms with Crippen LogP contribution in [0.1, 0.15) is 25.3 Å². The molecule has 0 spiro atoms. The van der Waals surface area contributed by atoms with Gasteiger partial charge < -0.3 is 10.5 Å². The Kier molecular flexibility index (Phi) is 5.06. The van der Waals surface area contributed by atoms with Crippen molar-refractivity contribution in [2.24, 2.45) is 0 Å². The molecular formula is C14H21N5O. The SMILES string of the molecule is CCCCOCCn1nnnc1-c1cccc(N)c1C. The molecule has 0 aliphatic carbocycles.